The van der Waals surface area contributed by atoms with Crippen LogP contribution in [-0.2, 0) is 11.2 Å². The summed E-state index contributed by atoms with van der Waals surface area (Å²) in [5, 5.41) is 21.2. The van der Waals surface area contributed by atoms with Gasteiger partial charge in [-0.25, -0.2) is 5.48 Å². The largest absolute Gasteiger partial charge is 0.296 e. The van der Waals surface area contributed by atoms with Crippen molar-refractivity contribution in [2.45, 2.75) is 45.2 Å². The fourth-order valence-electron chi connectivity index (χ4n) is 3.33. The average molecular weight is 370 g/mol. The van der Waals surface area contributed by atoms with Crippen LogP contribution in [0.25, 0.3) is 6.08 Å². The summed E-state index contributed by atoms with van der Waals surface area (Å²) < 4.78 is 0. The van der Waals surface area contributed by atoms with E-state index in [1.54, 1.807) is 16.4 Å². The van der Waals surface area contributed by atoms with Crippen LogP contribution in [0.3, 0.4) is 0 Å². The van der Waals surface area contributed by atoms with Gasteiger partial charge in [0.25, 0.3) is 5.91 Å². The molecule has 8 nitrogen and oxygen atoms in total. The second-order valence-electron chi connectivity index (χ2n) is 7.04. The van der Waals surface area contributed by atoms with E-state index in [2.05, 4.69) is 32.4 Å². The smallest absolute Gasteiger partial charge is 0.267 e. The van der Waals surface area contributed by atoms with Crippen molar-refractivity contribution in [3.8, 4) is 0 Å². The fraction of sp³-hybridized carbons (Fsp3) is 0.474. The number of nitrogens with one attached hydrogen (secondary N) is 1. The molecule has 1 aliphatic heterocycles. The molecular weight excluding hydrogens is 344 g/mol. The molecule has 0 spiro atoms. The number of likely N-dealkylation sites (tertiary alicyclic amines) is 1. The van der Waals surface area contributed by atoms with E-state index in [1.807, 2.05) is 26.0 Å². The van der Waals surface area contributed by atoms with Crippen molar-refractivity contribution in [2.24, 2.45) is 0 Å². The molecule has 1 unspecified atom stereocenters. The molecule has 8 heteroatoms. The van der Waals surface area contributed by atoms with Gasteiger partial charge in [-0.1, -0.05) is 24.3 Å². The molecular formula is C19H26N6O2. The summed E-state index contributed by atoms with van der Waals surface area (Å²) in [5.41, 5.74) is 3.77. The molecule has 1 saturated heterocycles. The first-order valence-electron chi connectivity index (χ1n) is 9.31. The Morgan fingerprint density at radius 2 is 2.15 bits per heavy atom. The van der Waals surface area contributed by atoms with Crippen molar-refractivity contribution >= 4 is 12.0 Å². The first-order chi connectivity index (χ1) is 13.1. The third-order valence-electron chi connectivity index (χ3n) is 4.78. The van der Waals surface area contributed by atoms with E-state index in [1.165, 1.54) is 18.1 Å². The second kappa shape index (κ2) is 8.88. The number of hydroxylamine groups is 1. The Labute approximate surface area is 158 Å². The molecule has 0 aliphatic carbocycles. The van der Waals surface area contributed by atoms with Crippen molar-refractivity contribution < 1.29 is 10.0 Å². The third-order valence-corrected chi connectivity index (χ3v) is 4.78. The molecule has 2 aromatic rings. The number of benzene rings is 1. The van der Waals surface area contributed by atoms with Gasteiger partial charge >= 0.3 is 0 Å². The first kappa shape index (κ1) is 19.2. The predicted molar refractivity (Wildman–Crippen MR) is 101 cm³/mol. The molecule has 0 radical (unpaired) electrons. The van der Waals surface area contributed by atoms with Crippen LogP contribution in [0.2, 0.25) is 0 Å². The topological polar surface area (TPSA) is 96.2 Å². The van der Waals surface area contributed by atoms with Crippen LogP contribution in [0.5, 0.6) is 0 Å². The maximum atomic E-state index is 11.1. The van der Waals surface area contributed by atoms with E-state index < -0.39 is 5.91 Å². The number of tetrazole rings is 1. The summed E-state index contributed by atoms with van der Waals surface area (Å²) in [4.78, 5) is 15.2. The predicted octanol–water partition coefficient (Wildman–Crippen LogP) is 2.15. The Bertz CT molecular complexity index is 784. The van der Waals surface area contributed by atoms with Gasteiger partial charge in [-0.3, -0.25) is 14.9 Å². The van der Waals surface area contributed by atoms with Gasteiger partial charge in [-0.15, -0.1) is 10.2 Å². The van der Waals surface area contributed by atoms with Crippen molar-refractivity contribution in [1.29, 1.82) is 0 Å². The van der Waals surface area contributed by atoms with Gasteiger partial charge < -0.3 is 0 Å². The Kier molecular flexibility index (Phi) is 6.31. The summed E-state index contributed by atoms with van der Waals surface area (Å²) in [6, 6.07) is 8.80. The fourth-order valence-corrected chi connectivity index (χ4v) is 3.33. The monoisotopic (exact) mass is 370 g/mol. The highest BCUT2D eigenvalue weighted by molar-refractivity contribution is 5.90. The lowest BCUT2D eigenvalue weighted by molar-refractivity contribution is -0.124. The molecule has 1 aromatic carbocycles. The number of rotatable bonds is 7. The summed E-state index contributed by atoms with van der Waals surface area (Å²) in [6.07, 6.45) is 6.07. The normalized spacial score (nSPS) is 17.9. The van der Waals surface area contributed by atoms with Gasteiger partial charge in [-0.2, -0.15) is 4.80 Å². The minimum Gasteiger partial charge on any atom is -0.296 e. The highest BCUT2D eigenvalue weighted by atomic mass is 16.5. The van der Waals surface area contributed by atoms with Crippen molar-refractivity contribution in [2.75, 3.05) is 13.1 Å². The molecule has 1 aliphatic rings. The van der Waals surface area contributed by atoms with Crippen LogP contribution >= 0.6 is 0 Å². The van der Waals surface area contributed by atoms with Gasteiger partial charge in [0.05, 0.1) is 6.04 Å². The SMILES string of the molecule is CC(C)n1nnc(CCN2CCCC2c2ccc(C=CC(=O)NO)cc2)n1. The lowest BCUT2D eigenvalue weighted by Gasteiger charge is -2.24. The Morgan fingerprint density at radius 1 is 1.37 bits per heavy atom. The van der Waals surface area contributed by atoms with E-state index in [0.29, 0.717) is 6.04 Å². The number of hydrogen-bond acceptors (Lipinski definition) is 6. The Morgan fingerprint density at radius 3 is 2.81 bits per heavy atom. The summed E-state index contributed by atoms with van der Waals surface area (Å²) in [6.45, 7) is 6.06. The number of amides is 1. The molecule has 3 rings (SSSR count). The van der Waals surface area contributed by atoms with Crippen molar-refractivity contribution in [3.05, 3.63) is 47.3 Å². The molecule has 1 aromatic heterocycles. The van der Waals surface area contributed by atoms with Crippen molar-refractivity contribution in [3.63, 3.8) is 0 Å². The van der Waals surface area contributed by atoms with Gasteiger partial charge in [-0.05, 0) is 55.7 Å². The van der Waals surface area contributed by atoms with Crippen LogP contribution in [0.4, 0.5) is 0 Å². The molecule has 144 valence electrons. The molecule has 1 atom stereocenters. The van der Waals surface area contributed by atoms with E-state index in [0.717, 1.165) is 37.3 Å². The van der Waals surface area contributed by atoms with Gasteiger partial charge in [0.15, 0.2) is 5.82 Å². The van der Waals surface area contributed by atoms with Gasteiger partial charge in [0, 0.05) is 25.1 Å². The Hall–Kier alpha value is -2.58. The summed E-state index contributed by atoms with van der Waals surface area (Å²) in [7, 11) is 0. The van der Waals surface area contributed by atoms with Gasteiger partial charge in [0.2, 0.25) is 0 Å². The van der Waals surface area contributed by atoms with E-state index >= 15 is 0 Å². The average Bonchev–Trinajstić information content (AvgIpc) is 3.34. The summed E-state index contributed by atoms with van der Waals surface area (Å²) >= 11 is 0. The zero-order valence-electron chi connectivity index (χ0n) is 15.7. The minimum absolute atomic E-state index is 0.224. The number of carbonyl (C=O) groups excluding carboxylic acids is 1. The van der Waals surface area contributed by atoms with Crippen molar-refractivity contribution in [1.82, 2.24) is 30.6 Å². The van der Waals surface area contributed by atoms with E-state index in [-0.39, 0.29) is 6.04 Å². The van der Waals surface area contributed by atoms with E-state index in [4.69, 9.17) is 5.21 Å². The highest BCUT2D eigenvalue weighted by Gasteiger charge is 2.25. The molecule has 2 heterocycles. The first-order valence-corrected chi connectivity index (χ1v) is 9.31. The maximum absolute atomic E-state index is 11.1. The lowest BCUT2D eigenvalue weighted by Crippen LogP contribution is -2.26. The molecule has 1 amide bonds. The number of nitrogens with zero attached hydrogens (tertiary/aromatic N) is 5. The lowest BCUT2D eigenvalue weighted by atomic mass is 10.0. The number of carbonyl (C=O) groups is 1. The Balaban J connectivity index is 1.60. The second-order valence-corrected chi connectivity index (χ2v) is 7.04. The third kappa shape index (κ3) is 4.99. The van der Waals surface area contributed by atoms with Crippen LogP contribution in [0, 0.1) is 0 Å². The number of aromatic nitrogens is 4. The van der Waals surface area contributed by atoms with Crippen LogP contribution in [0.1, 0.15) is 55.7 Å². The molecule has 0 bridgehead atoms. The molecule has 1 fully saturated rings. The van der Waals surface area contributed by atoms with Crippen LogP contribution < -0.4 is 5.48 Å². The molecule has 2 N–H and O–H groups in total. The van der Waals surface area contributed by atoms with Crippen LogP contribution in [-0.4, -0.2) is 49.3 Å². The van der Waals surface area contributed by atoms with Gasteiger partial charge in [0.1, 0.15) is 0 Å². The maximum Gasteiger partial charge on any atom is 0.267 e. The standard InChI is InChI=1S/C19H26N6O2/c1-14(2)25-21-18(20-23-25)11-13-24-12-3-4-17(24)16-8-5-15(6-9-16)7-10-19(26)22-27/h5-10,14,17,27H,3-4,11-13H2,1-2H3,(H,22,26). The zero-order valence-corrected chi connectivity index (χ0v) is 15.7. The summed E-state index contributed by atoms with van der Waals surface area (Å²) in [5.74, 6) is 0.251. The van der Waals surface area contributed by atoms with Crippen LogP contribution in [0.15, 0.2) is 30.3 Å². The highest BCUT2D eigenvalue weighted by Crippen LogP contribution is 2.32. The molecule has 27 heavy (non-hydrogen) atoms. The van der Waals surface area contributed by atoms with E-state index in [9.17, 15) is 4.79 Å². The molecule has 0 saturated carbocycles. The zero-order chi connectivity index (χ0) is 19.2. The quantitative estimate of drug-likeness (QED) is 0.440. The minimum atomic E-state index is -0.538. The number of hydrogen-bond donors (Lipinski definition) is 2.